The molecule has 0 bridgehead atoms. The molecule has 1 amide bonds. The van der Waals surface area contributed by atoms with Gasteiger partial charge in [0, 0.05) is 31.8 Å². The van der Waals surface area contributed by atoms with Crippen LogP contribution in [0.25, 0.3) is 0 Å². The van der Waals surface area contributed by atoms with Crippen molar-refractivity contribution < 1.29 is 4.79 Å². The minimum absolute atomic E-state index is 0.132. The number of carbonyl (C=O) groups is 1. The molecule has 0 fully saturated rings. The van der Waals surface area contributed by atoms with Crippen LogP contribution in [-0.4, -0.2) is 28.8 Å². The number of nitrogens with two attached hydrogens (primary N) is 1. The highest BCUT2D eigenvalue weighted by Crippen LogP contribution is 2.07. The molecule has 5 heteroatoms. The summed E-state index contributed by atoms with van der Waals surface area (Å²) in [6.07, 6.45) is 2.58. The smallest absolute Gasteiger partial charge is 0.252 e. The SMILES string of the molecule is Cn1ccc(CCNC(=O)c2ccccc2C#CCN)n1. The van der Waals surface area contributed by atoms with Crippen molar-refractivity contribution in [1.29, 1.82) is 0 Å². The fourth-order valence-electron chi connectivity index (χ4n) is 1.93. The topological polar surface area (TPSA) is 72.9 Å². The van der Waals surface area contributed by atoms with E-state index in [1.165, 1.54) is 0 Å². The average Bonchev–Trinajstić information content (AvgIpc) is 2.91. The van der Waals surface area contributed by atoms with E-state index in [2.05, 4.69) is 22.3 Å². The Hall–Kier alpha value is -2.58. The molecule has 1 aromatic carbocycles. The molecule has 0 aliphatic carbocycles. The van der Waals surface area contributed by atoms with Gasteiger partial charge in [-0.25, -0.2) is 0 Å². The summed E-state index contributed by atoms with van der Waals surface area (Å²) in [5.74, 6) is 5.55. The van der Waals surface area contributed by atoms with Gasteiger partial charge in [0.25, 0.3) is 5.91 Å². The number of amides is 1. The van der Waals surface area contributed by atoms with Crippen LogP contribution >= 0.6 is 0 Å². The number of benzene rings is 1. The molecule has 0 aliphatic rings. The molecular formula is C16H18N4O. The Morgan fingerprint density at radius 2 is 2.19 bits per heavy atom. The zero-order valence-corrected chi connectivity index (χ0v) is 12.0. The number of hydrogen-bond donors (Lipinski definition) is 2. The Labute approximate surface area is 124 Å². The van der Waals surface area contributed by atoms with E-state index in [1.54, 1.807) is 10.7 Å². The highest BCUT2D eigenvalue weighted by molar-refractivity contribution is 5.96. The van der Waals surface area contributed by atoms with E-state index in [1.807, 2.05) is 37.5 Å². The molecule has 1 heterocycles. The van der Waals surface area contributed by atoms with Gasteiger partial charge in [-0.05, 0) is 18.2 Å². The fraction of sp³-hybridized carbons (Fsp3) is 0.250. The van der Waals surface area contributed by atoms with Gasteiger partial charge < -0.3 is 11.1 Å². The zero-order chi connectivity index (χ0) is 15.1. The Balaban J connectivity index is 1.97. The van der Waals surface area contributed by atoms with Gasteiger partial charge in [-0.1, -0.05) is 24.0 Å². The standard InChI is InChI=1S/C16H18N4O/c1-20-12-9-14(19-20)8-11-18-16(21)15-7-3-2-5-13(15)6-4-10-17/h2-3,5,7,9,12H,8,10-11,17H2,1H3,(H,18,21). The molecule has 1 aromatic heterocycles. The van der Waals surface area contributed by atoms with Crippen molar-refractivity contribution in [1.82, 2.24) is 15.1 Å². The van der Waals surface area contributed by atoms with Gasteiger partial charge in [0.1, 0.15) is 0 Å². The Bertz CT molecular complexity index is 679. The quantitative estimate of drug-likeness (QED) is 0.811. The first kappa shape index (κ1) is 14.8. The second-order valence-electron chi connectivity index (χ2n) is 4.54. The Morgan fingerprint density at radius 3 is 2.90 bits per heavy atom. The first-order chi connectivity index (χ1) is 10.2. The van der Waals surface area contributed by atoms with Crippen molar-refractivity contribution in [3.05, 3.63) is 53.3 Å². The summed E-state index contributed by atoms with van der Waals surface area (Å²) in [6.45, 7) is 0.810. The molecular weight excluding hydrogens is 264 g/mol. The fourth-order valence-corrected chi connectivity index (χ4v) is 1.93. The van der Waals surface area contributed by atoms with Crippen LogP contribution in [0, 0.1) is 11.8 Å². The highest BCUT2D eigenvalue weighted by Gasteiger charge is 2.09. The van der Waals surface area contributed by atoms with Gasteiger partial charge in [0.05, 0.1) is 17.8 Å². The average molecular weight is 282 g/mol. The third kappa shape index (κ3) is 4.20. The molecule has 0 aliphatic heterocycles. The van der Waals surface area contributed by atoms with E-state index >= 15 is 0 Å². The lowest BCUT2D eigenvalue weighted by Gasteiger charge is -2.06. The summed E-state index contributed by atoms with van der Waals surface area (Å²) in [7, 11) is 1.87. The molecule has 0 spiro atoms. The van der Waals surface area contributed by atoms with Gasteiger partial charge in [-0.15, -0.1) is 0 Å². The van der Waals surface area contributed by atoms with Gasteiger partial charge in [-0.2, -0.15) is 5.10 Å². The van der Waals surface area contributed by atoms with Crippen molar-refractivity contribution in [2.45, 2.75) is 6.42 Å². The number of hydrogen-bond acceptors (Lipinski definition) is 3. The number of nitrogens with zero attached hydrogens (tertiary/aromatic N) is 2. The van der Waals surface area contributed by atoms with E-state index in [0.29, 0.717) is 24.1 Å². The lowest BCUT2D eigenvalue weighted by Crippen LogP contribution is -2.26. The number of nitrogens with one attached hydrogen (secondary N) is 1. The number of aryl methyl sites for hydroxylation is 1. The molecule has 5 nitrogen and oxygen atoms in total. The number of aromatic nitrogens is 2. The van der Waals surface area contributed by atoms with E-state index < -0.39 is 0 Å². The predicted molar refractivity (Wildman–Crippen MR) is 81.6 cm³/mol. The van der Waals surface area contributed by atoms with Gasteiger partial charge in [0.2, 0.25) is 0 Å². The molecule has 21 heavy (non-hydrogen) atoms. The predicted octanol–water partition coefficient (Wildman–Crippen LogP) is 0.703. The highest BCUT2D eigenvalue weighted by atomic mass is 16.1. The molecule has 2 aromatic rings. The van der Waals surface area contributed by atoms with E-state index in [4.69, 9.17) is 5.73 Å². The normalized spacial score (nSPS) is 9.81. The van der Waals surface area contributed by atoms with Crippen LogP contribution in [0.5, 0.6) is 0 Å². The van der Waals surface area contributed by atoms with Crippen molar-refractivity contribution in [2.75, 3.05) is 13.1 Å². The minimum Gasteiger partial charge on any atom is -0.352 e. The Kier molecular flexibility index (Phi) is 5.13. The maximum Gasteiger partial charge on any atom is 0.252 e. The lowest BCUT2D eigenvalue weighted by atomic mass is 10.1. The maximum absolute atomic E-state index is 12.2. The largest absolute Gasteiger partial charge is 0.352 e. The van der Waals surface area contributed by atoms with Crippen molar-refractivity contribution >= 4 is 5.91 Å². The van der Waals surface area contributed by atoms with Crippen LogP contribution in [-0.2, 0) is 13.5 Å². The van der Waals surface area contributed by atoms with E-state index in [0.717, 1.165) is 5.69 Å². The summed E-state index contributed by atoms with van der Waals surface area (Å²) in [5.41, 5.74) is 7.58. The molecule has 0 atom stereocenters. The van der Waals surface area contributed by atoms with Crippen LogP contribution in [0.4, 0.5) is 0 Å². The van der Waals surface area contributed by atoms with Crippen LogP contribution in [0.3, 0.4) is 0 Å². The molecule has 3 N–H and O–H groups in total. The van der Waals surface area contributed by atoms with Crippen molar-refractivity contribution in [3.8, 4) is 11.8 Å². The molecule has 2 rings (SSSR count). The van der Waals surface area contributed by atoms with Crippen LogP contribution in [0.2, 0.25) is 0 Å². The van der Waals surface area contributed by atoms with Crippen LogP contribution < -0.4 is 11.1 Å². The van der Waals surface area contributed by atoms with Gasteiger partial charge in [0.15, 0.2) is 0 Å². The summed E-state index contributed by atoms with van der Waals surface area (Å²) in [6, 6.07) is 9.19. The van der Waals surface area contributed by atoms with Crippen molar-refractivity contribution in [3.63, 3.8) is 0 Å². The second-order valence-corrected chi connectivity index (χ2v) is 4.54. The first-order valence-corrected chi connectivity index (χ1v) is 6.75. The lowest BCUT2D eigenvalue weighted by molar-refractivity contribution is 0.0954. The monoisotopic (exact) mass is 282 g/mol. The first-order valence-electron chi connectivity index (χ1n) is 6.75. The zero-order valence-electron chi connectivity index (χ0n) is 12.0. The van der Waals surface area contributed by atoms with Crippen molar-refractivity contribution in [2.24, 2.45) is 12.8 Å². The molecule has 0 radical (unpaired) electrons. The van der Waals surface area contributed by atoms with Gasteiger partial charge in [-0.3, -0.25) is 9.48 Å². The van der Waals surface area contributed by atoms with E-state index in [-0.39, 0.29) is 12.5 Å². The summed E-state index contributed by atoms with van der Waals surface area (Å²) >= 11 is 0. The maximum atomic E-state index is 12.2. The molecule has 0 unspecified atom stereocenters. The van der Waals surface area contributed by atoms with Crippen LogP contribution in [0.15, 0.2) is 36.5 Å². The minimum atomic E-state index is -0.132. The third-order valence-corrected chi connectivity index (χ3v) is 2.93. The van der Waals surface area contributed by atoms with E-state index in [9.17, 15) is 4.79 Å². The number of carbonyl (C=O) groups excluding carboxylic acids is 1. The molecule has 0 saturated heterocycles. The molecule has 0 saturated carbocycles. The second kappa shape index (κ2) is 7.27. The summed E-state index contributed by atoms with van der Waals surface area (Å²) < 4.78 is 1.74. The van der Waals surface area contributed by atoms with Crippen LogP contribution in [0.1, 0.15) is 21.6 Å². The third-order valence-electron chi connectivity index (χ3n) is 2.93. The molecule has 108 valence electrons. The summed E-state index contributed by atoms with van der Waals surface area (Å²) in [4.78, 5) is 12.2. The number of rotatable bonds is 4. The van der Waals surface area contributed by atoms with Gasteiger partial charge >= 0.3 is 0 Å². The Morgan fingerprint density at radius 1 is 1.38 bits per heavy atom. The summed E-state index contributed by atoms with van der Waals surface area (Å²) in [5, 5.41) is 7.15.